The van der Waals surface area contributed by atoms with E-state index >= 15 is 0 Å². The minimum atomic E-state index is -3.55. The van der Waals surface area contributed by atoms with Crippen molar-refractivity contribution in [2.45, 2.75) is 24.8 Å². The zero-order valence-corrected chi connectivity index (χ0v) is 13.7. The fourth-order valence-electron chi connectivity index (χ4n) is 2.09. The molecule has 0 fully saturated rings. The molecule has 2 rings (SSSR count). The Labute approximate surface area is 128 Å². The van der Waals surface area contributed by atoms with Crippen molar-refractivity contribution in [3.8, 4) is 0 Å². The molecule has 0 aliphatic carbocycles. The zero-order valence-electron chi connectivity index (χ0n) is 11.3. The van der Waals surface area contributed by atoms with E-state index in [1.54, 1.807) is 24.3 Å². The van der Waals surface area contributed by atoms with Crippen molar-refractivity contribution in [1.82, 2.24) is 4.72 Å². The molecule has 1 unspecified atom stereocenters. The highest BCUT2D eigenvalue weighted by molar-refractivity contribution is 9.10. The van der Waals surface area contributed by atoms with Gasteiger partial charge in [0, 0.05) is 10.5 Å². The van der Waals surface area contributed by atoms with E-state index in [4.69, 9.17) is 0 Å². The molecule has 0 heterocycles. The van der Waals surface area contributed by atoms with Gasteiger partial charge >= 0.3 is 0 Å². The third-order valence-corrected chi connectivity index (χ3v) is 5.67. The van der Waals surface area contributed by atoms with Crippen molar-refractivity contribution in [1.29, 1.82) is 0 Å². The standard InChI is InChI=1S/C15H16BrNO2S/c1-11-7-3-4-8-13(11)12(2)17-20(18,19)15-10-6-5-9-14(15)16/h3-10,12,17H,1-2H3. The van der Waals surface area contributed by atoms with Gasteiger partial charge in [0.15, 0.2) is 0 Å². The molecule has 20 heavy (non-hydrogen) atoms. The fourth-order valence-corrected chi connectivity index (χ4v) is 4.32. The van der Waals surface area contributed by atoms with E-state index in [0.29, 0.717) is 4.47 Å². The second kappa shape index (κ2) is 6.08. The summed E-state index contributed by atoms with van der Waals surface area (Å²) in [7, 11) is -3.55. The third-order valence-electron chi connectivity index (χ3n) is 3.11. The SMILES string of the molecule is Cc1ccccc1C(C)NS(=O)(=O)c1ccccc1Br. The highest BCUT2D eigenvalue weighted by Gasteiger charge is 2.21. The Morgan fingerprint density at radius 3 is 2.30 bits per heavy atom. The molecular weight excluding hydrogens is 338 g/mol. The number of aryl methyl sites for hydroxylation is 1. The van der Waals surface area contributed by atoms with Gasteiger partial charge in [0.2, 0.25) is 10.0 Å². The Morgan fingerprint density at radius 1 is 1.05 bits per heavy atom. The molecule has 0 radical (unpaired) electrons. The van der Waals surface area contributed by atoms with E-state index < -0.39 is 10.0 Å². The summed E-state index contributed by atoms with van der Waals surface area (Å²) in [5.74, 6) is 0. The number of nitrogens with one attached hydrogen (secondary N) is 1. The van der Waals surface area contributed by atoms with Crippen molar-refractivity contribution in [2.75, 3.05) is 0 Å². The van der Waals surface area contributed by atoms with Gasteiger partial charge in [0.05, 0.1) is 4.90 Å². The summed E-state index contributed by atoms with van der Waals surface area (Å²) in [5, 5.41) is 0. The number of hydrogen-bond donors (Lipinski definition) is 1. The summed E-state index contributed by atoms with van der Waals surface area (Å²) in [6, 6.07) is 14.3. The Morgan fingerprint density at radius 2 is 1.65 bits per heavy atom. The average molecular weight is 354 g/mol. The second-order valence-corrected chi connectivity index (χ2v) is 7.17. The molecule has 5 heteroatoms. The van der Waals surface area contributed by atoms with E-state index in [1.807, 2.05) is 38.1 Å². The average Bonchev–Trinajstić information content (AvgIpc) is 2.38. The summed E-state index contributed by atoms with van der Waals surface area (Å²) in [6.45, 7) is 3.81. The first-order valence-corrected chi connectivity index (χ1v) is 8.52. The van der Waals surface area contributed by atoms with Crippen LogP contribution in [0.15, 0.2) is 57.9 Å². The van der Waals surface area contributed by atoms with Gasteiger partial charge in [-0.05, 0) is 53.0 Å². The fraction of sp³-hybridized carbons (Fsp3) is 0.200. The highest BCUT2D eigenvalue weighted by Crippen LogP contribution is 2.24. The Hall–Kier alpha value is -1.17. The Bertz CT molecular complexity index is 713. The van der Waals surface area contributed by atoms with E-state index in [-0.39, 0.29) is 10.9 Å². The summed E-state index contributed by atoms with van der Waals surface area (Å²) >= 11 is 3.27. The monoisotopic (exact) mass is 353 g/mol. The van der Waals surface area contributed by atoms with Crippen molar-refractivity contribution in [3.05, 3.63) is 64.1 Å². The lowest BCUT2D eigenvalue weighted by molar-refractivity contribution is 0.566. The number of halogens is 1. The molecule has 106 valence electrons. The van der Waals surface area contributed by atoms with Gasteiger partial charge in [0.25, 0.3) is 0 Å². The van der Waals surface area contributed by atoms with Crippen LogP contribution in [0.2, 0.25) is 0 Å². The number of sulfonamides is 1. The molecule has 0 saturated heterocycles. The van der Waals surface area contributed by atoms with Crippen LogP contribution in [-0.4, -0.2) is 8.42 Å². The van der Waals surface area contributed by atoms with Crippen molar-refractivity contribution in [3.63, 3.8) is 0 Å². The molecule has 0 aliphatic rings. The normalized spacial score (nSPS) is 13.2. The van der Waals surface area contributed by atoms with E-state index in [1.165, 1.54) is 0 Å². The Kier molecular flexibility index (Phi) is 4.62. The lowest BCUT2D eigenvalue weighted by atomic mass is 10.0. The lowest BCUT2D eigenvalue weighted by Crippen LogP contribution is -2.27. The first-order chi connectivity index (χ1) is 9.42. The van der Waals surface area contributed by atoms with Crippen LogP contribution >= 0.6 is 15.9 Å². The van der Waals surface area contributed by atoms with Gasteiger partial charge in [-0.25, -0.2) is 13.1 Å². The maximum atomic E-state index is 12.4. The van der Waals surface area contributed by atoms with Gasteiger partial charge < -0.3 is 0 Å². The Balaban J connectivity index is 2.30. The van der Waals surface area contributed by atoms with E-state index in [0.717, 1.165) is 11.1 Å². The van der Waals surface area contributed by atoms with Crippen LogP contribution in [0.5, 0.6) is 0 Å². The molecule has 1 atom stereocenters. The van der Waals surface area contributed by atoms with Crippen molar-refractivity contribution in [2.24, 2.45) is 0 Å². The van der Waals surface area contributed by atoms with Gasteiger partial charge in [-0.1, -0.05) is 36.4 Å². The summed E-state index contributed by atoms with van der Waals surface area (Å²) in [4.78, 5) is 0.250. The lowest BCUT2D eigenvalue weighted by Gasteiger charge is -2.17. The van der Waals surface area contributed by atoms with Gasteiger partial charge in [-0.15, -0.1) is 0 Å². The summed E-state index contributed by atoms with van der Waals surface area (Å²) in [5.41, 5.74) is 2.04. The molecule has 0 aliphatic heterocycles. The largest absolute Gasteiger partial charge is 0.242 e. The molecule has 2 aromatic rings. The minimum Gasteiger partial charge on any atom is -0.207 e. The predicted molar refractivity (Wildman–Crippen MR) is 84.1 cm³/mol. The second-order valence-electron chi connectivity index (χ2n) is 4.63. The minimum absolute atomic E-state index is 0.250. The molecule has 2 aromatic carbocycles. The maximum absolute atomic E-state index is 12.4. The molecule has 3 nitrogen and oxygen atoms in total. The number of rotatable bonds is 4. The van der Waals surface area contributed by atoms with Crippen LogP contribution in [0.1, 0.15) is 24.1 Å². The molecule has 0 amide bonds. The number of hydrogen-bond acceptors (Lipinski definition) is 2. The van der Waals surface area contributed by atoms with Crippen LogP contribution in [0.4, 0.5) is 0 Å². The molecule has 1 N–H and O–H groups in total. The molecule has 0 aromatic heterocycles. The van der Waals surface area contributed by atoms with E-state index in [2.05, 4.69) is 20.7 Å². The van der Waals surface area contributed by atoms with Gasteiger partial charge in [-0.2, -0.15) is 0 Å². The molecule has 0 spiro atoms. The third kappa shape index (κ3) is 3.29. The zero-order chi connectivity index (χ0) is 14.8. The first kappa shape index (κ1) is 15.2. The smallest absolute Gasteiger partial charge is 0.207 e. The maximum Gasteiger partial charge on any atom is 0.242 e. The van der Waals surface area contributed by atoms with Gasteiger partial charge in [-0.3, -0.25) is 0 Å². The van der Waals surface area contributed by atoms with E-state index in [9.17, 15) is 8.42 Å². The summed E-state index contributed by atoms with van der Waals surface area (Å²) < 4.78 is 28.1. The van der Waals surface area contributed by atoms with Crippen molar-refractivity contribution >= 4 is 26.0 Å². The molecular formula is C15H16BrNO2S. The van der Waals surface area contributed by atoms with Crippen LogP contribution in [0, 0.1) is 6.92 Å². The van der Waals surface area contributed by atoms with Crippen LogP contribution in [-0.2, 0) is 10.0 Å². The molecule has 0 bridgehead atoms. The predicted octanol–water partition coefficient (Wildman–Crippen LogP) is 3.80. The van der Waals surface area contributed by atoms with Crippen LogP contribution in [0.3, 0.4) is 0 Å². The van der Waals surface area contributed by atoms with Crippen LogP contribution in [0.25, 0.3) is 0 Å². The van der Waals surface area contributed by atoms with Crippen LogP contribution < -0.4 is 4.72 Å². The van der Waals surface area contributed by atoms with Gasteiger partial charge in [0.1, 0.15) is 0 Å². The quantitative estimate of drug-likeness (QED) is 0.908. The number of benzene rings is 2. The highest BCUT2D eigenvalue weighted by atomic mass is 79.9. The first-order valence-electron chi connectivity index (χ1n) is 6.24. The topological polar surface area (TPSA) is 46.2 Å². The molecule has 0 saturated carbocycles. The summed E-state index contributed by atoms with van der Waals surface area (Å²) in [6.07, 6.45) is 0. The van der Waals surface area contributed by atoms with Crippen molar-refractivity contribution < 1.29 is 8.42 Å².